The molecule has 0 aromatic heterocycles. The van der Waals surface area contributed by atoms with Gasteiger partial charge in [0, 0.05) is 12.2 Å². The average Bonchev–Trinajstić information content (AvgIpc) is 2.55. The SMILES string of the molecule is C=CCc1ccccc1OCC(O)CNc1ccc(F)c(Cl)c1. The number of nitrogens with one attached hydrogen (secondary N) is 1. The van der Waals surface area contributed by atoms with Crippen molar-refractivity contribution in [2.24, 2.45) is 0 Å². The molecule has 0 amide bonds. The van der Waals surface area contributed by atoms with E-state index in [-0.39, 0.29) is 18.2 Å². The lowest BCUT2D eigenvalue weighted by molar-refractivity contribution is 0.117. The molecule has 3 nitrogen and oxygen atoms in total. The van der Waals surface area contributed by atoms with Gasteiger partial charge in [-0.3, -0.25) is 0 Å². The Balaban J connectivity index is 1.84. The molecular formula is C18H19ClFNO2. The number of allylic oxidation sites excluding steroid dienone is 1. The molecular weight excluding hydrogens is 317 g/mol. The molecule has 0 radical (unpaired) electrons. The highest BCUT2D eigenvalue weighted by molar-refractivity contribution is 6.31. The van der Waals surface area contributed by atoms with Crippen LogP contribution >= 0.6 is 11.6 Å². The lowest BCUT2D eigenvalue weighted by atomic mass is 10.1. The van der Waals surface area contributed by atoms with Crippen LogP contribution in [0.2, 0.25) is 5.02 Å². The van der Waals surface area contributed by atoms with Crippen LogP contribution < -0.4 is 10.1 Å². The zero-order valence-electron chi connectivity index (χ0n) is 12.6. The molecule has 0 aliphatic rings. The van der Waals surface area contributed by atoms with E-state index in [9.17, 15) is 9.50 Å². The van der Waals surface area contributed by atoms with Gasteiger partial charge in [-0.05, 0) is 36.2 Å². The second-order valence-corrected chi connectivity index (χ2v) is 5.48. The fraction of sp³-hybridized carbons (Fsp3) is 0.222. The molecule has 0 aliphatic carbocycles. The minimum Gasteiger partial charge on any atom is -0.491 e. The smallest absolute Gasteiger partial charge is 0.141 e. The number of halogens is 2. The Morgan fingerprint density at radius 3 is 2.83 bits per heavy atom. The summed E-state index contributed by atoms with van der Waals surface area (Å²) in [6, 6.07) is 12.0. The molecule has 1 unspecified atom stereocenters. The van der Waals surface area contributed by atoms with E-state index in [2.05, 4.69) is 11.9 Å². The minimum atomic E-state index is -0.712. The zero-order chi connectivity index (χ0) is 16.7. The molecule has 0 saturated carbocycles. The van der Waals surface area contributed by atoms with Gasteiger partial charge in [0.2, 0.25) is 0 Å². The maximum absolute atomic E-state index is 13.1. The number of aliphatic hydroxyl groups is 1. The topological polar surface area (TPSA) is 41.5 Å². The van der Waals surface area contributed by atoms with Crippen LogP contribution in [-0.4, -0.2) is 24.4 Å². The Bertz CT molecular complexity index is 663. The fourth-order valence-electron chi connectivity index (χ4n) is 2.06. The summed E-state index contributed by atoms with van der Waals surface area (Å²) in [7, 11) is 0. The third-order valence-corrected chi connectivity index (χ3v) is 3.52. The lowest BCUT2D eigenvalue weighted by Crippen LogP contribution is -2.26. The Morgan fingerprint density at radius 2 is 2.09 bits per heavy atom. The summed E-state index contributed by atoms with van der Waals surface area (Å²) in [6.45, 7) is 4.13. The molecule has 2 N–H and O–H groups in total. The van der Waals surface area contributed by atoms with Gasteiger partial charge in [-0.15, -0.1) is 6.58 Å². The van der Waals surface area contributed by atoms with E-state index in [0.717, 1.165) is 11.3 Å². The van der Waals surface area contributed by atoms with Gasteiger partial charge in [-0.25, -0.2) is 4.39 Å². The van der Waals surface area contributed by atoms with Crippen LogP contribution in [0.25, 0.3) is 0 Å². The van der Waals surface area contributed by atoms with E-state index in [4.69, 9.17) is 16.3 Å². The van der Waals surface area contributed by atoms with Crippen molar-refractivity contribution in [3.8, 4) is 5.75 Å². The molecule has 0 spiro atoms. The van der Waals surface area contributed by atoms with Crippen LogP contribution in [0.5, 0.6) is 5.75 Å². The second-order valence-electron chi connectivity index (χ2n) is 5.08. The van der Waals surface area contributed by atoms with Crippen LogP contribution in [0, 0.1) is 5.82 Å². The Kier molecular flexibility index (Phi) is 6.44. The van der Waals surface area contributed by atoms with E-state index < -0.39 is 11.9 Å². The van der Waals surface area contributed by atoms with E-state index >= 15 is 0 Å². The lowest BCUT2D eigenvalue weighted by Gasteiger charge is -2.16. The van der Waals surface area contributed by atoms with Gasteiger partial charge in [0.1, 0.15) is 24.3 Å². The Hall–Kier alpha value is -2.04. The molecule has 0 heterocycles. The van der Waals surface area contributed by atoms with Crippen molar-refractivity contribution in [2.75, 3.05) is 18.5 Å². The van der Waals surface area contributed by atoms with Crippen molar-refractivity contribution >= 4 is 17.3 Å². The number of para-hydroxylation sites is 1. The van der Waals surface area contributed by atoms with E-state index in [1.54, 1.807) is 12.1 Å². The molecule has 0 bridgehead atoms. The van der Waals surface area contributed by atoms with Gasteiger partial charge in [-0.1, -0.05) is 35.9 Å². The van der Waals surface area contributed by atoms with Crippen molar-refractivity contribution in [2.45, 2.75) is 12.5 Å². The molecule has 0 fully saturated rings. The molecule has 1 atom stereocenters. The highest BCUT2D eigenvalue weighted by atomic mass is 35.5. The van der Waals surface area contributed by atoms with Crippen LogP contribution in [-0.2, 0) is 6.42 Å². The van der Waals surface area contributed by atoms with Crippen LogP contribution in [0.4, 0.5) is 10.1 Å². The predicted octanol–water partition coefficient (Wildman–Crippen LogP) is 4.06. The fourth-order valence-corrected chi connectivity index (χ4v) is 2.24. The van der Waals surface area contributed by atoms with Crippen molar-refractivity contribution < 1.29 is 14.2 Å². The normalized spacial score (nSPS) is 11.8. The first-order chi connectivity index (χ1) is 11.1. The number of anilines is 1. The van der Waals surface area contributed by atoms with E-state index in [0.29, 0.717) is 12.1 Å². The predicted molar refractivity (Wildman–Crippen MR) is 91.7 cm³/mol. The molecule has 23 heavy (non-hydrogen) atoms. The molecule has 122 valence electrons. The van der Waals surface area contributed by atoms with Crippen molar-refractivity contribution in [1.29, 1.82) is 0 Å². The van der Waals surface area contributed by atoms with Crippen molar-refractivity contribution in [3.63, 3.8) is 0 Å². The zero-order valence-corrected chi connectivity index (χ0v) is 13.4. The quantitative estimate of drug-likeness (QED) is 0.715. The molecule has 0 aliphatic heterocycles. The first-order valence-electron chi connectivity index (χ1n) is 7.28. The van der Waals surface area contributed by atoms with Gasteiger partial charge in [-0.2, -0.15) is 0 Å². The number of benzene rings is 2. The van der Waals surface area contributed by atoms with Crippen LogP contribution in [0.1, 0.15) is 5.56 Å². The number of aliphatic hydroxyl groups excluding tert-OH is 1. The van der Waals surface area contributed by atoms with Crippen LogP contribution in [0.15, 0.2) is 55.1 Å². The summed E-state index contributed by atoms with van der Waals surface area (Å²) in [5, 5.41) is 13.0. The van der Waals surface area contributed by atoms with Gasteiger partial charge in [0.15, 0.2) is 0 Å². The molecule has 0 saturated heterocycles. The largest absolute Gasteiger partial charge is 0.491 e. The van der Waals surface area contributed by atoms with Gasteiger partial charge in [0.05, 0.1) is 5.02 Å². The van der Waals surface area contributed by atoms with E-state index in [1.807, 2.05) is 24.3 Å². The van der Waals surface area contributed by atoms with Gasteiger partial charge in [0.25, 0.3) is 0 Å². The highest BCUT2D eigenvalue weighted by Crippen LogP contribution is 2.20. The van der Waals surface area contributed by atoms with Gasteiger partial charge < -0.3 is 15.2 Å². The first kappa shape index (κ1) is 17.3. The number of rotatable bonds is 8. The average molecular weight is 336 g/mol. The van der Waals surface area contributed by atoms with E-state index in [1.165, 1.54) is 12.1 Å². The summed E-state index contributed by atoms with van der Waals surface area (Å²) in [6.07, 6.45) is 1.80. The molecule has 2 aromatic rings. The van der Waals surface area contributed by atoms with Crippen LogP contribution in [0.3, 0.4) is 0 Å². The maximum Gasteiger partial charge on any atom is 0.141 e. The molecule has 2 aromatic carbocycles. The second kappa shape index (κ2) is 8.56. The third-order valence-electron chi connectivity index (χ3n) is 3.23. The summed E-state index contributed by atoms with van der Waals surface area (Å²) >= 11 is 5.71. The molecule has 2 rings (SSSR count). The highest BCUT2D eigenvalue weighted by Gasteiger charge is 2.08. The van der Waals surface area contributed by atoms with Crippen molar-refractivity contribution in [3.05, 3.63) is 71.5 Å². The number of ether oxygens (including phenoxy) is 1. The first-order valence-corrected chi connectivity index (χ1v) is 7.66. The minimum absolute atomic E-state index is 0.0408. The Morgan fingerprint density at radius 1 is 1.30 bits per heavy atom. The monoisotopic (exact) mass is 335 g/mol. The standard InChI is InChI=1S/C18H19ClFNO2/c1-2-5-13-6-3-4-7-18(13)23-12-15(22)11-21-14-8-9-17(20)16(19)10-14/h2-4,6-10,15,21-22H,1,5,11-12H2. The molecule has 5 heteroatoms. The Labute approximate surface area is 140 Å². The van der Waals surface area contributed by atoms with Gasteiger partial charge >= 0.3 is 0 Å². The number of hydrogen-bond acceptors (Lipinski definition) is 3. The number of hydrogen-bond donors (Lipinski definition) is 2. The maximum atomic E-state index is 13.1. The third kappa shape index (κ3) is 5.27. The summed E-state index contributed by atoms with van der Waals surface area (Å²) in [5.74, 6) is 0.260. The van der Waals surface area contributed by atoms with Crippen molar-refractivity contribution in [1.82, 2.24) is 0 Å². The summed E-state index contributed by atoms with van der Waals surface area (Å²) in [5.41, 5.74) is 1.66. The summed E-state index contributed by atoms with van der Waals surface area (Å²) in [4.78, 5) is 0. The summed E-state index contributed by atoms with van der Waals surface area (Å²) < 4.78 is 18.7.